The molecule has 0 aromatic heterocycles. The molecule has 78 valence electrons. The van der Waals surface area contributed by atoms with E-state index in [-0.39, 0.29) is 0 Å². The van der Waals surface area contributed by atoms with Crippen LogP contribution in [-0.2, 0) is 4.79 Å². The van der Waals surface area contributed by atoms with Gasteiger partial charge < -0.3 is 10.8 Å². The number of carbonyl (C=O) groups excluding carboxylic acids is 1. The molecule has 0 bridgehead atoms. The van der Waals surface area contributed by atoms with Crippen LogP contribution in [0.1, 0.15) is 10.4 Å². The molecule has 0 saturated carbocycles. The van der Waals surface area contributed by atoms with E-state index in [4.69, 9.17) is 22.4 Å². The predicted molar refractivity (Wildman–Crippen MR) is 55.5 cm³/mol. The number of carboxylic acids is 1. The molecule has 1 aromatic rings. The molecule has 1 aromatic carbocycles. The second kappa shape index (κ2) is 4.61. The zero-order valence-corrected chi connectivity index (χ0v) is 8.36. The third-order valence-corrected chi connectivity index (χ3v) is 2.07. The van der Waals surface area contributed by atoms with E-state index in [1.165, 1.54) is 12.1 Å². The van der Waals surface area contributed by atoms with Crippen LogP contribution in [0.25, 0.3) is 0 Å². The summed E-state index contributed by atoms with van der Waals surface area (Å²) in [4.78, 5) is 22.0. The van der Waals surface area contributed by atoms with Crippen LogP contribution >= 0.6 is 11.6 Å². The van der Waals surface area contributed by atoms with Crippen molar-refractivity contribution in [3.05, 3.63) is 46.6 Å². The quantitative estimate of drug-likeness (QED) is 0.601. The van der Waals surface area contributed by atoms with Crippen molar-refractivity contribution in [1.82, 2.24) is 0 Å². The average molecular weight is 226 g/mol. The number of nitrogens with two attached hydrogens (primary N) is 1. The predicted octanol–water partition coefficient (Wildman–Crippen LogP) is 1.36. The number of ketones is 1. The van der Waals surface area contributed by atoms with Gasteiger partial charge in [-0.2, -0.15) is 0 Å². The first kappa shape index (κ1) is 11.3. The van der Waals surface area contributed by atoms with Crippen molar-refractivity contribution in [2.45, 2.75) is 0 Å². The maximum Gasteiger partial charge on any atom is 0.349 e. The lowest BCUT2D eigenvalue weighted by Crippen LogP contribution is -2.16. The van der Waals surface area contributed by atoms with Crippen molar-refractivity contribution in [2.24, 2.45) is 5.73 Å². The molecule has 15 heavy (non-hydrogen) atoms. The molecule has 0 spiro atoms. The van der Waals surface area contributed by atoms with Gasteiger partial charge in [0.2, 0.25) is 5.78 Å². The molecule has 0 aliphatic carbocycles. The summed E-state index contributed by atoms with van der Waals surface area (Å²) in [6.07, 6.45) is 0. The van der Waals surface area contributed by atoms with Gasteiger partial charge in [-0.15, -0.1) is 0 Å². The molecule has 0 atom stereocenters. The Kier molecular flexibility index (Phi) is 3.46. The second-order valence-electron chi connectivity index (χ2n) is 2.73. The summed E-state index contributed by atoms with van der Waals surface area (Å²) in [7, 11) is 0. The Hall–Kier alpha value is -1.81. The van der Waals surface area contributed by atoms with Crippen LogP contribution in [0.2, 0.25) is 0 Å². The van der Waals surface area contributed by atoms with Gasteiger partial charge in [0.05, 0.1) is 0 Å². The van der Waals surface area contributed by atoms with Crippen LogP contribution in [0.5, 0.6) is 0 Å². The Morgan fingerprint density at radius 2 is 1.73 bits per heavy atom. The number of aliphatic carboxylic acids is 1. The molecule has 1 rings (SSSR count). The number of carboxylic acid groups (broad SMARTS) is 1. The summed E-state index contributed by atoms with van der Waals surface area (Å²) in [6, 6.07) is 8.09. The Bertz CT molecular complexity index is 426. The molecule has 4 nitrogen and oxygen atoms in total. The first-order chi connectivity index (χ1) is 7.04. The number of allylic oxidation sites excluding steroid dienone is 1. The molecule has 0 amide bonds. The fraction of sp³-hybridized carbons (Fsp3) is 0. The monoisotopic (exact) mass is 225 g/mol. The molecule has 5 heteroatoms. The van der Waals surface area contributed by atoms with Gasteiger partial charge in [-0.05, 0) is 0 Å². The summed E-state index contributed by atoms with van der Waals surface area (Å²) in [5.74, 6) is -2.01. The molecule has 3 N–H and O–H groups in total. The topological polar surface area (TPSA) is 80.4 Å². The minimum Gasteiger partial charge on any atom is -0.477 e. The van der Waals surface area contributed by atoms with E-state index in [0.717, 1.165) is 0 Å². The van der Waals surface area contributed by atoms with Gasteiger partial charge in [-0.1, -0.05) is 41.9 Å². The summed E-state index contributed by atoms with van der Waals surface area (Å²) in [5.41, 5.74) is 5.15. The molecule has 0 aliphatic heterocycles. The van der Waals surface area contributed by atoms with Gasteiger partial charge in [-0.25, -0.2) is 4.79 Å². The van der Waals surface area contributed by atoms with Gasteiger partial charge in [0.25, 0.3) is 0 Å². The lowest BCUT2D eigenvalue weighted by atomic mass is 10.1. The Labute approximate surface area is 91.0 Å². The van der Waals surface area contributed by atoms with Crippen molar-refractivity contribution in [3.63, 3.8) is 0 Å². The van der Waals surface area contributed by atoms with Crippen LogP contribution in [0.3, 0.4) is 0 Å². The summed E-state index contributed by atoms with van der Waals surface area (Å²) in [6.45, 7) is 0. The highest BCUT2D eigenvalue weighted by Gasteiger charge is 2.16. The number of benzene rings is 1. The van der Waals surface area contributed by atoms with E-state index in [0.29, 0.717) is 5.56 Å². The normalized spacial score (nSPS) is 11.8. The van der Waals surface area contributed by atoms with E-state index >= 15 is 0 Å². The third kappa shape index (κ3) is 2.57. The van der Waals surface area contributed by atoms with Gasteiger partial charge in [0.1, 0.15) is 5.70 Å². The van der Waals surface area contributed by atoms with E-state index < -0.39 is 22.5 Å². The van der Waals surface area contributed by atoms with Crippen molar-refractivity contribution >= 4 is 23.4 Å². The lowest BCUT2D eigenvalue weighted by molar-refractivity contribution is -0.131. The molecule has 0 fully saturated rings. The fourth-order valence-electron chi connectivity index (χ4n) is 0.960. The maximum atomic E-state index is 11.6. The van der Waals surface area contributed by atoms with E-state index in [9.17, 15) is 9.59 Å². The summed E-state index contributed by atoms with van der Waals surface area (Å²) in [5, 5.41) is 7.86. The number of hydrogen-bond donors (Lipinski definition) is 2. The Morgan fingerprint density at radius 3 is 2.20 bits per heavy atom. The van der Waals surface area contributed by atoms with E-state index in [1.54, 1.807) is 18.2 Å². The average Bonchev–Trinajstić information content (AvgIpc) is 2.27. The van der Waals surface area contributed by atoms with Crippen LogP contribution < -0.4 is 5.73 Å². The van der Waals surface area contributed by atoms with Crippen LogP contribution in [0.4, 0.5) is 0 Å². The smallest absolute Gasteiger partial charge is 0.349 e. The molecule has 0 heterocycles. The van der Waals surface area contributed by atoms with Crippen molar-refractivity contribution in [2.75, 3.05) is 0 Å². The fourth-order valence-corrected chi connectivity index (χ4v) is 1.05. The highest BCUT2D eigenvalue weighted by atomic mass is 35.5. The van der Waals surface area contributed by atoms with Crippen molar-refractivity contribution < 1.29 is 14.7 Å². The number of carbonyl (C=O) groups is 2. The van der Waals surface area contributed by atoms with Crippen LogP contribution in [0, 0.1) is 0 Å². The van der Waals surface area contributed by atoms with Gasteiger partial charge in [-0.3, -0.25) is 4.79 Å². The molecule has 0 radical (unpaired) electrons. The first-order valence-corrected chi connectivity index (χ1v) is 4.40. The highest BCUT2D eigenvalue weighted by Crippen LogP contribution is 2.11. The van der Waals surface area contributed by atoms with Crippen LogP contribution in [-0.4, -0.2) is 16.9 Å². The van der Waals surface area contributed by atoms with E-state index in [1.807, 2.05) is 0 Å². The minimum atomic E-state index is -1.42. The largest absolute Gasteiger partial charge is 0.477 e. The van der Waals surface area contributed by atoms with Crippen LogP contribution in [0.15, 0.2) is 41.1 Å². The Morgan fingerprint density at radius 1 is 1.20 bits per heavy atom. The number of halogens is 1. The second-order valence-corrected chi connectivity index (χ2v) is 3.11. The number of rotatable bonds is 3. The SMILES string of the molecule is N/C(C(=O)c1ccccc1)=C(/Cl)C(=O)O. The highest BCUT2D eigenvalue weighted by molar-refractivity contribution is 6.43. The lowest BCUT2D eigenvalue weighted by Gasteiger charge is -2.01. The molecular weight excluding hydrogens is 218 g/mol. The zero-order valence-electron chi connectivity index (χ0n) is 7.61. The molecule has 0 aliphatic rings. The third-order valence-electron chi connectivity index (χ3n) is 1.70. The maximum absolute atomic E-state index is 11.6. The van der Waals surface area contributed by atoms with Crippen molar-refractivity contribution in [1.29, 1.82) is 0 Å². The standard InChI is InChI=1S/C10H8ClNO3/c11-7(10(14)15)8(12)9(13)6-4-2-1-3-5-6/h1-5H,12H2,(H,14,15)/b8-7+. The molecular formula is C10H8ClNO3. The van der Waals surface area contributed by atoms with Gasteiger partial charge in [0.15, 0.2) is 5.03 Å². The van der Waals surface area contributed by atoms with Crippen molar-refractivity contribution in [3.8, 4) is 0 Å². The summed E-state index contributed by atoms with van der Waals surface area (Å²) < 4.78 is 0. The molecule has 0 saturated heterocycles. The Balaban J connectivity index is 3.07. The number of hydrogen-bond acceptors (Lipinski definition) is 3. The number of Topliss-reactive ketones (excluding diaryl/α,β-unsaturated/α-hetero) is 1. The van der Waals surface area contributed by atoms with Gasteiger partial charge in [0, 0.05) is 5.56 Å². The van der Waals surface area contributed by atoms with Gasteiger partial charge >= 0.3 is 5.97 Å². The zero-order chi connectivity index (χ0) is 11.4. The summed E-state index contributed by atoms with van der Waals surface area (Å²) >= 11 is 5.35. The minimum absolute atomic E-state index is 0.300. The first-order valence-electron chi connectivity index (χ1n) is 4.02. The molecule has 0 unspecified atom stereocenters. The van der Waals surface area contributed by atoms with E-state index in [2.05, 4.69) is 0 Å².